The molecule has 0 fully saturated rings. The number of benzene rings is 1. The summed E-state index contributed by atoms with van der Waals surface area (Å²) in [6.45, 7) is 4.98. The molecule has 3 nitrogen and oxygen atoms in total. The van der Waals surface area contributed by atoms with Crippen LogP contribution in [0.1, 0.15) is 23.9 Å². The standard InChI is InChI=1S/C14H15Cl3N2O/c1-3-19-12(14(17)9(2)18-19)8-20-13-5-4-11(16)6-10(13)7-15/h4-6H,3,7-8H2,1-2H3. The molecule has 0 saturated carbocycles. The largest absolute Gasteiger partial charge is 0.487 e. The number of hydrogen-bond acceptors (Lipinski definition) is 2. The second-order valence-electron chi connectivity index (χ2n) is 4.34. The summed E-state index contributed by atoms with van der Waals surface area (Å²) in [7, 11) is 0. The smallest absolute Gasteiger partial charge is 0.131 e. The SMILES string of the molecule is CCn1nc(C)c(Cl)c1COc1ccc(Cl)cc1CCl. The molecule has 2 aromatic rings. The predicted molar refractivity (Wildman–Crippen MR) is 83.0 cm³/mol. The number of aryl methyl sites for hydroxylation is 2. The van der Waals surface area contributed by atoms with E-state index in [0.29, 0.717) is 28.3 Å². The minimum Gasteiger partial charge on any atom is -0.487 e. The van der Waals surface area contributed by atoms with E-state index in [1.165, 1.54) is 0 Å². The first-order chi connectivity index (χ1) is 9.56. The number of halogens is 3. The van der Waals surface area contributed by atoms with E-state index in [4.69, 9.17) is 39.5 Å². The Bertz CT molecular complexity index is 611. The van der Waals surface area contributed by atoms with Crippen molar-refractivity contribution < 1.29 is 4.74 Å². The van der Waals surface area contributed by atoms with Gasteiger partial charge in [-0.05, 0) is 32.0 Å². The van der Waals surface area contributed by atoms with Crippen LogP contribution in [0.2, 0.25) is 10.0 Å². The Kier molecular flexibility index (Phi) is 5.19. The lowest BCUT2D eigenvalue weighted by atomic mass is 10.2. The number of rotatable bonds is 5. The van der Waals surface area contributed by atoms with Gasteiger partial charge in [-0.3, -0.25) is 4.68 Å². The summed E-state index contributed by atoms with van der Waals surface area (Å²) in [5.74, 6) is 1.05. The molecule has 0 saturated heterocycles. The van der Waals surface area contributed by atoms with Crippen LogP contribution in [-0.4, -0.2) is 9.78 Å². The van der Waals surface area contributed by atoms with Gasteiger partial charge in [0.25, 0.3) is 0 Å². The van der Waals surface area contributed by atoms with Crippen molar-refractivity contribution in [2.75, 3.05) is 0 Å². The summed E-state index contributed by atoms with van der Waals surface area (Å²) < 4.78 is 7.66. The molecule has 0 amide bonds. The molecule has 108 valence electrons. The first-order valence-corrected chi connectivity index (χ1v) is 7.54. The van der Waals surface area contributed by atoms with E-state index < -0.39 is 0 Å². The van der Waals surface area contributed by atoms with Gasteiger partial charge >= 0.3 is 0 Å². The maximum absolute atomic E-state index is 6.25. The minimum atomic E-state index is 0.343. The van der Waals surface area contributed by atoms with Crippen LogP contribution >= 0.6 is 34.8 Å². The highest BCUT2D eigenvalue weighted by molar-refractivity contribution is 6.32. The molecule has 6 heteroatoms. The molecule has 1 aromatic carbocycles. The lowest BCUT2D eigenvalue weighted by molar-refractivity contribution is 0.290. The number of alkyl halides is 1. The van der Waals surface area contributed by atoms with Crippen LogP contribution < -0.4 is 4.74 Å². The van der Waals surface area contributed by atoms with E-state index in [1.54, 1.807) is 12.1 Å². The molecule has 1 aromatic heterocycles. The molecule has 0 unspecified atom stereocenters. The van der Waals surface area contributed by atoms with Crippen molar-refractivity contribution in [3.05, 3.63) is 45.2 Å². The highest BCUT2D eigenvalue weighted by Crippen LogP contribution is 2.27. The van der Waals surface area contributed by atoms with E-state index in [-0.39, 0.29) is 0 Å². The maximum atomic E-state index is 6.25. The summed E-state index contributed by atoms with van der Waals surface area (Å²) in [5, 5.41) is 5.64. The van der Waals surface area contributed by atoms with Gasteiger partial charge in [-0.2, -0.15) is 5.10 Å². The fourth-order valence-corrected chi connectivity index (χ4v) is 2.54. The Morgan fingerprint density at radius 3 is 2.70 bits per heavy atom. The molecule has 0 N–H and O–H groups in total. The van der Waals surface area contributed by atoms with Crippen molar-refractivity contribution in [3.8, 4) is 5.75 Å². The quantitative estimate of drug-likeness (QED) is 0.732. The molecule has 0 spiro atoms. The molecular formula is C14H15Cl3N2O. The van der Waals surface area contributed by atoms with E-state index in [1.807, 2.05) is 24.6 Å². The highest BCUT2D eigenvalue weighted by atomic mass is 35.5. The second-order valence-corrected chi connectivity index (χ2v) is 5.42. The first kappa shape index (κ1) is 15.5. The molecule has 0 aliphatic carbocycles. The van der Waals surface area contributed by atoms with Gasteiger partial charge in [-0.15, -0.1) is 11.6 Å². The summed E-state index contributed by atoms with van der Waals surface area (Å²) in [5.41, 5.74) is 2.53. The molecule has 1 heterocycles. The van der Waals surface area contributed by atoms with Crippen LogP contribution in [0.5, 0.6) is 5.75 Å². The summed E-state index contributed by atoms with van der Waals surface area (Å²) in [4.78, 5) is 0. The van der Waals surface area contributed by atoms with Gasteiger partial charge in [-0.1, -0.05) is 23.2 Å². The average molecular weight is 334 g/mol. The van der Waals surface area contributed by atoms with Crippen molar-refractivity contribution in [1.82, 2.24) is 9.78 Å². The molecule has 0 aliphatic heterocycles. The Labute approximate surface area is 133 Å². The zero-order chi connectivity index (χ0) is 14.7. The lowest BCUT2D eigenvalue weighted by Gasteiger charge is -2.11. The van der Waals surface area contributed by atoms with E-state index in [9.17, 15) is 0 Å². The molecule has 2 rings (SSSR count). The predicted octanol–water partition coefficient (Wildman–Crippen LogP) is 4.84. The van der Waals surface area contributed by atoms with Crippen LogP contribution in [0.15, 0.2) is 18.2 Å². The summed E-state index contributed by atoms with van der Waals surface area (Å²) in [6.07, 6.45) is 0. The summed E-state index contributed by atoms with van der Waals surface area (Å²) in [6, 6.07) is 5.39. The van der Waals surface area contributed by atoms with Crippen molar-refractivity contribution >= 4 is 34.8 Å². The van der Waals surface area contributed by atoms with E-state index in [2.05, 4.69) is 5.10 Å². The van der Waals surface area contributed by atoms with Crippen LogP contribution in [0.25, 0.3) is 0 Å². The minimum absolute atomic E-state index is 0.343. The Morgan fingerprint density at radius 1 is 1.30 bits per heavy atom. The van der Waals surface area contributed by atoms with Gasteiger partial charge in [0.2, 0.25) is 0 Å². The monoisotopic (exact) mass is 332 g/mol. The molecule has 0 aliphatic rings. The topological polar surface area (TPSA) is 27.1 Å². The van der Waals surface area contributed by atoms with Crippen LogP contribution in [-0.2, 0) is 19.0 Å². The van der Waals surface area contributed by atoms with Gasteiger partial charge in [0.05, 0.1) is 22.3 Å². The van der Waals surface area contributed by atoms with Gasteiger partial charge in [0.1, 0.15) is 12.4 Å². The molecule has 0 atom stereocenters. The van der Waals surface area contributed by atoms with Crippen molar-refractivity contribution in [2.45, 2.75) is 32.9 Å². The Morgan fingerprint density at radius 2 is 2.05 bits per heavy atom. The number of hydrogen-bond donors (Lipinski definition) is 0. The first-order valence-electron chi connectivity index (χ1n) is 6.25. The summed E-state index contributed by atoms with van der Waals surface area (Å²) >= 11 is 18.1. The fraction of sp³-hybridized carbons (Fsp3) is 0.357. The van der Waals surface area contributed by atoms with Crippen LogP contribution in [0, 0.1) is 6.92 Å². The van der Waals surface area contributed by atoms with Gasteiger partial charge in [0.15, 0.2) is 0 Å². The average Bonchev–Trinajstić information content (AvgIpc) is 2.72. The van der Waals surface area contributed by atoms with Crippen molar-refractivity contribution in [2.24, 2.45) is 0 Å². The Hall–Kier alpha value is -0.900. The highest BCUT2D eigenvalue weighted by Gasteiger charge is 2.14. The number of nitrogens with zero attached hydrogens (tertiary/aromatic N) is 2. The van der Waals surface area contributed by atoms with E-state index in [0.717, 1.165) is 23.5 Å². The second kappa shape index (κ2) is 6.70. The normalized spacial score (nSPS) is 10.8. The third kappa shape index (κ3) is 3.22. The zero-order valence-electron chi connectivity index (χ0n) is 11.3. The van der Waals surface area contributed by atoms with Gasteiger partial charge < -0.3 is 4.74 Å². The molecule has 0 radical (unpaired) electrons. The zero-order valence-corrected chi connectivity index (χ0v) is 13.6. The van der Waals surface area contributed by atoms with Crippen molar-refractivity contribution in [3.63, 3.8) is 0 Å². The third-order valence-corrected chi connectivity index (χ3v) is 4.00. The van der Waals surface area contributed by atoms with Gasteiger partial charge in [0, 0.05) is 17.1 Å². The van der Waals surface area contributed by atoms with E-state index >= 15 is 0 Å². The number of ether oxygens (including phenoxy) is 1. The third-order valence-electron chi connectivity index (χ3n) is 2.98. The Balaban J connectivity index is 2.21. The molecular weight excluding hydrogens is 319 g/mol. The van der Waals surface area contributed by atoms with Gasteiger partial charge in [-0.25, -0.2) is 0 Å². The molecule has 20 heavy (non-hydrogen) atoms. The maximum Gasteiger partial charge on any atom is 0.131 e. The lowest BCUT2D eigenvalue weighted by Crippen LogP contribution is -2.07. The fourth-order valence-electron chi connectivity index (χ4n) is 1.95. The van der Waals surface area contributed by atoms with Crippen LogP contribution in [0.3, 0.4) is 0 Å². The van der Waals surface area contributed by atoms with Crippen LogP contribution in [0.4, 0.5) is 0 Å². The number of aromatic nitrogens is 2. The molecule has 0 bridgehead atoms. The van der Waals surface area contributed by atoms with Crippen molar-refractivity contribution in [1.29, 1.82) is 0 Å².